The van der Waals surface area contributed by atoms with Crippen LogP contribution in [-0.4, -0.2) is 33.3 Å². The molecule has 4 heterocycles. The van der Waals surface area contributed by atoms with E-state index in [1.807, 2.05) is 12.1 Å². The first-order valence-electron chi connectivity index (χ1n) is 6.70. The van der Waals surface area contributed by atoms with Crippen LogP contribution in [0.2, 0.25) is 0 Å². The molecular weight excluding hydrogens is 324 g/mol. The Hall–Kier alpha value is -1.80. The Labute approximate surface area is 134 Å². The van der Waals surface area contributed by atoms with Gasteiger partial charge in [0.2, 0.25) is 0 Å². The summed E-state index contributed by atoms with van der Waals surface area (Å²) in [5.41, 5.74) is 0. The van der Waals surface area contributed by atoms with E-state index in [9.17, 15) is 9.59 Å². The summed E-state index contributed by atoms with van der Waals surface area (Å²) in [5.74, 6) is 1.78. The monoisotopic (exact) mass is 336 g/mol. The number of furan rings is 2. The minimum absolute atomic E-state index is 0.0983. The molecule has 0 bridgehead atoms. The van der Waals surface area contributed by atoms with E-state index in [-0.39, 0.29) is 22.6 Å². The molecule has 114 valence electrons. The zero-order chi connectivity index (χ0) is 15.1. The van der Waals surface area contributed by atoms with E-state index in [4.69, 9.17) is 8.83 Å². The molecule has 2 aromatic heterocycles. The maximum Gasteiger partial charge on any atom is 0.252 e. The number of hydrogen-bond donors (Lipinski definition) is 0. The van der Waals surface area contributed by atoms with Crippen molar-refractivity contribution in [1.82, 2.24) is 10.0 Å². The highest BCUT2D eigenvalue weighted by molar-refractivity contribution is 8.01. The normalized spacial score (nSPS) is 25.5. The zero-order valence-corrected chi connectivity index (χ0v) is 13.0. The number of hydrogen-bond acceptors (Lipinski definition) is 6. The number of amides is 2. The van der Waals surface area contributed by atoms with Gasteiger partial charge in [0.25, 0.3) is 11.8 Å². The number of thioether (sulfide) groups is 2. The van der Waals surface area contributed by atoms with Crippen molar-refractivity contribution in [2.45, 2.75) is 10.7 Å². The SMILES string of the molecule is O=C1CSC(c2ccco2)N1N1C(=O)CSC1c1ccco1. The summed E-state index contributed by atoms with van der Waals surface area (Å²) >= 11 is 2.91. The fourth-order valence-electron chi connectivity index (χ4n) is 2.57. The summed E-state index contributed by atoms with van der Waals surface area (Å²) in [6, 6.07) is 7.20. The molecule has 4 rings (SSSR count). The summed E-state index contributed by atoms with van der Waals surface area (Å²) in [4.78, 5) is 24.7. The molecule has 2 saturated heterocycles. The molecule has 2 fully saturated rings. The fourth-order valence-corrected chi connectivity index (χ4v) is 4.75. The molecule has 6 nitrogen and oxygen atoms in total. The van der Waals surface area contributed by atoms with Gasteiger partial charge in [0.1, 0.15) is 11.5 Å². The molecule has 0 N–H and O–H groups in total. The Kier molecular flexibility index (Phi) is 3.42. The minimum atomic E-state index is -0.317. The van der Waals surface area contributed by atoms with E-state index < -0.39 is 0 Å². The Bertz CT molecular complexity index is 626. The van der Waals surface area contributed by atoms with Crippen molar-refractivity contribution >= 4 is 35.3 Å². The lowest BCUT2D eigenvalue weighted by Crippen LogP contribution is -2.46. The number of carbonyl (C=O) groups is 2. The second kappa shape index (κ2) is 5.44. The molecule has 0 aromatic carbocycles. The highest BCUT2D eigenvalue weighted by Crippen LogP contribution is 2.47. The number of hydrazine groups is 1. The van der Waals surface area contributed by atoms with Gasteiger partial charge < -0.3 is 8.83 Å². The highest BCUT2D eigenvalue weighted by atomic mass is 32.2. The van der Waals surface area contributed by atoms with Crippen LogP contribution in [0.5, 0.6) is 0 Å². The molecule has 2 unspecified atom stereocenters. The van der Waals surface area contributed by atoms with Crippen molar-refractivity contribution in [2.75, 3.05) is 11.5 Å². The molecule has 0 aliphatic carbocycles. The van der Waals surface area contributed by atoms with Crippen molar-refractivity contribution in [3.8, 4) is 0 Å². The van der Waals surface area contributed by atoms with Gasteiger partial charge in [0, 0.05) is 0 Å². The third-order valence-electron chi connectivity index (χ3n) is 3.49. The standard InChI is InChI=1S/C14H12N2O4S2/c17-11-7-21-13(9-3-1-5-19-9)15(11)16-12(18)8-22-14(16)10-4-2-6-20-10/h1-6,13-14H,7-8H2. The van der Waals surface area contributed by atoms with Crippen LogP contribution >= 0.6 is 23.5 Å². The average molecular weight is 336 g/mol. The smallest absolute Gasteiger partial charge is 0.252 e. The van der Waals surface area contributed by atoms with Crippen molar-refractivity contribution in [2.24, 2.45) is 0 Å². The third-order valence-corrected chi connectivity index (χ3v) is 5.81. The van der Waals surface area contributed by atoms with Crippen LogP contribution in [0.25, 0.3) is 0 Å². The van der Waals surface area contributed by atoms with E-state index in [0.717, 1.165) is 0 Å². The van der Waals surface area contributed by atoms with Crippen LogP contribution in [0.3, 0.4) is 0 Å². The lowest BCUT2D eigenvalue weighted by molar-refractivity contribution is -0.162. The van der Waals surface area contributed by atoms with Crippen molar-refractivity contribution < 1.29 is 18.4 Å². The third kappa shape index (κ3) is 2.14. The average Bonchev–Trinajstić information content (AvgIpc) is 3.23. The van der Waals surface area contributed by atoms with Gasteiger partial charge in [-0.25, -0.2) is 10.0 Å². The molecule has 0 radical (unpaired) electrons. The Morgan fingerprint density at radius 3 is 1.68 bits per heavy atom. The molecule has 2 aliphatic heterocycles. The lowest BCUT2D eigenvalue weighted by atomic mass is 10.4. The topological polar surface area (TPSA) is 66.9 Å². The molecule has 8 heteroatoms. The van der Waals surface area contributed by atoms with Gasteiger partial charge in [-0.05, 0) is 24.3 Å². The summed E-state index contributed by atoms with van der Waals surface area (Å²) in [6.45, 7) is 0. The molecule has 2 aromatic rings. The van der Waals surface area contributed by atoms with Crippen LogP contribution in [0.15, 0.2) is 45.6 Å². The predicted octanol–water partition coefficient (Wildman–Crippen LogP) is 2.64. The van der Waals surface area contributed by atoms with E-state index >= 15 is 0 Å². The van der Waals surface area contributed by atoms with Gasteiger partial charge in [-0.3, -0.25) is 9.59 Å². The van der Waals surface area contributed by atoms with Gasteiger partial charge in [-0.15, -0.1) is 23.5 Å². The van der Waals surface area contributed by atoms with Gasteiger partial charge in [0.05, 0.1) is 24.0 Å². The molecule has 2 amide bonds. The fraction of sp³-hybridized carbons (Fsp3) is 0.286. The highest BCUT2D eigenvalue weighted by Gasteiger charge is 2.47. The molecule has 0 spiro atoms. The summed E-state index contributed by atoms with van der Waals surface area (Å²) in [5, 5.41) is 2.39. The maximum atomic E-state index is 12.4. The predicted molar refractivity (Wildman–Crippen MR) is 81.5 cm³/mol. The van der Waals surface area contributed by atoms with Crippen molar-refractivity contribution in [3.05, 3.63) is 48.3 Å². The van der Waals surface area contributed by atoms with Crippen LogP contribution in [0.1, 0.15) is 22.3 Å². The Balaban J connectivity index is 1.70. The Morgan fingerprint density at radius 1 is 0.864 bits per heavy atom. The molecule has 2 aliphatic rings. The first-order chi connectivity index (χ1) is 10.8. The first kappa shape index (κ1) is 13.8. The molecule has 22 heavy (non-hydrogen) atoms. The summed E-state index contributed by atoms with van der Waals surface area (Å²) in [7, 11) is 0. The molecule has 0 saturated carbocycles. The van der Waals surface area contributed by atoms with Gasteiger partial charge in [-0.2, -0.15) is 0 Å². The summed E-state index contributed by atoms with van der Waals surface area (Å²) < 4.78 is 10.9. The van der Waals surface area contributed by atoms with E-state index in [1.54, 1.807) is 24.7 Å². The number of nitrogens with zero attached hydrogens (tertiary/aromatic N) is 2. The lowest BCUT2D eigenvalue weighted by Gasteiger charge is -2.34. The van der Waals surface area contributed by atoms with Crippen LogP contribution in [-0.2, 0) is 9.59 Å². The molecule has 2 atom stereocenters. The minimum Gasteiger partial charge on any atom is -0.466 e. The van der Waals surface area contributed by atoms with E-state index in [2.05, 4.69) is 0 Å². The largest absolute Gasteiger partial charge is 0.466 e. The van der Waals surface area contributed by atoms with E-state index in [1.165, 1.54) is 33.5 Å². The Morgan fingerprint density at radius 2 is 1.32 bits per heavy atom. The first-order valence-corrected chi connectivity index (χ1v) is 8.79. The van der Waals surface area contributed by atoms with Gasteiger partial charge in [-0.1, -0.05) is 0 Å². The second-order valence-corrected chi connectivity index (χ2v) is 6.97. The van der Waals surface area contributed by atoms with Crippen LogP contribution in [0.4, 0.5) is 0 Å². The van der Waals surface area contributed by atoms with Gasteiger partial charge >= 0.3 is 0 Å². The number of rotatable bonds is 3. The van der Waals surface area contributed by atoms with Crippen LogP contribution in [0, 0.1) is 0 Å². The number of carbonyl (C=O) groups excluding carboxylic acids is 2. The van der Waals surface area contributed by atoms with Crippen molar-refractivity contribution in [3.63, 3.8) is 0 Å². The zero-order valence-electron chi connectivity index (χ0n) is 11.4. The molecular formula is C14H12N2O4S2. The second-order valence-electron chi connectivity index (χ2n) is 4.83. The van der Waals surface area contributed by atoms with Crippen molar-refractivity contribution in [1.29, 1.82) is 0 Å². The summed E-state index contributed by atoms with van der Waals surface area (Å²) in [6.07, 6.45) is 3.14. The quantitative estimate of drug-likeness (QED) is 0.858. The van der Waals surface area contributed by atoms with Crippen LogP contribution < -0.4 is 0 Å². The van der Waals surface area contributed by atoms with Gasteiger partial charge in [0.15, 0.2) is 10.7 Å². The van der Waals surface area contributed by atoms with E-state index in [0.29, 0.717) is 23.0 Å². The maximum absolute atomic E-state index is 12.4.